The Labute approximate surface area is 163 Å². The predicted molar refractivity (Wildman–Crippen MR) is 98.5 cm³/mol. The van der Waals surface area contributed by atoms with Gasteiger partial charge in [0.2, 0.25) is 5.91 Å². The summed E-state index contributed by atoms with van der Waals surface area (Å²) in [4.78, 5) is 33.1. The highest BCUT2D eigenvalue weighted by Gasteiger charge is 2.62. The number of halogens is 3. The molecule has 3 aliphatic rings. The predicted octanol–water partition coefficient (Wildman–Crippen LogP) is 2.92. The Hall–Kier alpha value is -2.12. The molecule has 0 spiro atoms. The summed E-state index contributed by atoms with van der Waals surface area (Å²) in [6.07, 6.45) is 3.46. The van der Waals surface area contributed by atoms with E-state index in [0.29, 0.717) is 25.8 Å². The topological polar surface area (TPSA) is 78.1 Å². The van der Waals surface area contributed by atoms with Gasteiger partial charge in [-0.25, -0.2) is 14.2 Å². The van der Waals surface area contributed by atoms with Crippen molar-refractivity contribution >= 4 is 34.8 Å². The number of nitrogens with one attached hydrogen (secondary N) is 2. The number of carbonyl (C=O) groups excluding carboxylic acids is 1. The van der Waals surface area contributed by atoms with Crippen LogP contribution in [0.4, 0.5) is 10.1 Å². The van der Waals surface area contributed by atoms with Crippen molar-refractivity contribution in [3.05, 3.63) is 55.9 Å². The molecule has 27 heavy (non-hydrogen) atoms. The Balaban J connectivity index is 1.44. The third-order valence-corrected chi connectivity index (χ3v) is 6.70. The summed E-state index contributed by atoms with van der Waals surface area (Å²) >= 11 is 11.8. The van der Waals surface area contributed by atoms with Crippen molar-refractivity contribution < 1.29 is 9.18 Å². The minimum Gasteiger partial charge on any atom is -0.382 e. The summed E-state index contributed by atoms with van der Waals surface area (Å²) in [6, 6.07) is 2.55. The minimum absolute atomic E-state index is 0.0438. The van der Waals surface area contributed by atoms with Crippen LogP contribution >= 0.6 is 23.2 Å². The molecule has 3 atom stereocenters. The van der Waals surface area contributed by atoms with Crippen LogP contribution in [-0.4, -0.2) is 33.4 Å². The van der Waals surface area contributed by atoms with Crippen LogP contribution in [0.2, 0.25) is 10.0 Å². The van der Waals surface area contributed by atoms with Gasteiger partial charge in [-0.1, -0.05) is 23.2 Å². The van der Waals surface area contributed by atoms with Crippen molar-refractivity contribution in [1.82, 2.24) is 14.9 Å². The first kappa shape index (κ1) is 17.0. The summed E-state index contributed by atoms with van der Waals surface area (Å²) in [7, 11) is 0. The van der Waals surface area contributed by atoms with Crippen LogP contribution in [0, 0.1) is 11.2 Å². The van der Waals surface area contributed by atoms with Gasteiger partial charge >= 0.3 is 5.69 Å². The van der Waals surface area contributed by atoms with Gasteiger partial charge in [-0.05, 0) is 25.0 Å². The number of hydrogen-bond donors (Lipinski definition) is 2. The third-order valence-electron chi connectivity index (χ3n) is 5.98. The van der Waals surface area contributed by atoms with E-state index in [-0.39, 0.29) is 39.4 Å². The second-order valence-electron chi connectivity index (χ2n) is 7.50. The number of benzene rings is 1. The smallest absolute Gasteiger partial charge is 0.345 e. The maximum atomic E-state index is 14.2. The van der Waals surface area contributed by atoms with Crippen LogP contribution in [0.1, 0.15) is 30.1 Å². The zero-order valence-corrected chi connectivity index (χ0v) is 15.6. The van der Waals surface area contributed by atoms with E-state index < -0.39 is 11.2 Å². The fourth-order valence-corrected chi connectivity index (χ4v) is 5.13. The van der Waals surface area contributed by atoms with E-state index in [0.717, 1.165) is 17.3 Å². The van der Waals surface area contributed by atoms with Crippen LogP contribution in [-0.2, 0) is 11.2 Å². The van der Waals surface area contributed by atoms with Crippen molar-refractivity contribution in [2.75, 3.05) is 11.9 Å². The highest BCUT2D eigenvalue weighted by atomic mass is 35.5. The maximum absolute atomic E-state index is 14.2. The number of H-pyrrole nitrogens is 1. The summed E-state index contributed by atoms with van der Waals surface area (Å²) in [5.41, 5.74) is 1.04. The SMILES string of the molecule is O=C1N2[C@@H]3Cc4[nH]c(=O)ncc4[C@H]2CC1(CNc1cc(Cl)c(Cl)cc1F)C3. The first-order chi connectivity index (χ1) is 12.9. The molecule has 1 unspecified atom stereocenters. The molecule has 0 radical (unpaired) electrons. The number of aromatic amines is 1. The fraction of sp³-hybridized carbons (Fsp3) is 0.389. The maximum Gasteiger partial charge on any atom is 0.345 e. The van der Waals surface area contributed by atoms with Crippen molar-refractivity contribution in [3.63, 3.8) is 0 Å². The number of rotatable bonds is 3. The van der Waals surface area contributed by atoms with Crippen molar-refractivity contribution in [3.8, 4) is 0 Å². The van der Waals surface area contributed by atoms with E-state index in [4.69, 9.17) is 23.2 Å². The molecule has 3 aliphatic heterocycles. The molecule has 6 nitrogen and oxygen atoms in total. The highest BCUT2D eigenvalue weighted by Crippen LogP contribution is 2.57. The molecule has 1 amide bonds. The molecule has 2 fully saturated rings. The number of piperidine rings is 1. The number of aromatic nitrogens is 2. The molecule has 2 bridgehead atoms. The molecule has 1 aromatic carbocycles. The van der Waals surface area contributed by atoms with Gasteiger partial charge in [0.15, 0.2) is 0 Å². The number of fused-ring (bicyclic) bond motifs is 3. The summed E-state index contributed by atoms with van der Waals surface area (Å²) in [5, 5.41) is 3.46. The summed E-state index contributed by atoms with van der Waals surface area (Å²) in [6.45, 7) is 0.316. The Morgan fingerprint density at radius 3 is 2.89 bits per heavy atom. The minimum atomic E-state index is -0.596. The van der Waals surface area contributed by atoms with Crippen LogP contribution in [0.15, 0.2) is 23.1 Å². The average molecular weight is 409 g/mol. The normalized spacial score (nSPS) is 27.8. The van der Waals surface area contributed by atoms with Crippen molar-refractivity contribution in [1.29, 1.82) is 0 Å². The van der Waals surface area contributed by atoms with Gasteiger partial charge in [-0.3, -0.25) is 4.79 Å². The lowest BCUT2D eigenvalue weighted by Gasteiger charge is -2.39. The van der Waals surface area contributed by atoms with Crippen molar-refractivity contribution in [2.45, 2.75) is 31.3 Å². The Morgan fingerprint density at radius 1 is 1.30 bits per heavy atom. The average Bonchev–Trinajstić information content (AvgIpc) is 3.05. The highest BCUT2D eigenvalue weighted by molar-refractivity contribution is 6.42. The number of nitrogens with zero attached hydrogens (tertiary/aromatic N) is 2. The first-order valence-corrected chi connectivity index (χ1v) is 9.43. The number of carbonyl (C=O) groups is 1. The van der Waals surface area contributed by atoms with Gasteiger partial charge in [0.1, 0.15) is 5.82 Å². The van der Waals surface area contributed by atoms with Gasteiger partial charge in [0.05, 0.1) is 27.2 Å². The molecule has 140 valence electrons. The summed E-state index contributed by atoms with van der Waals surface area (Å²) < 4.78 is 14.2. The molecule has 5 rings (SSSR count). The van der Waals surface area contributed by atoms with Crippen LogP contribution < -0.4 is 11.0 Å². The monoisotopic (exact) mass is 408 g/mol. The molecule has 2 aromatic rings. The summed E-state index contributed by atoms with van der Waals surface area (Å²) in [5.74, 6) is -0.435. The van der Waals surface area contributed by atoms with Crippen LogP contribution in [0.5, 0.6) is 0 Å². The Bertz CT molecular complexity index is 1040. The molecule has 0 saturated carbocycles. The molecular weight excluding hydrogens is 394 g/mol. The van der Waals surface area contributed by atoms with E-state index in [1.807, 2.05) is 4.90 Å². The third kappa shape index (κ3) is 2.41. The van der Waals surface area contributed by atoms with Gasteiger partial charge in [0, 0.05) is 36.5 Å². The van der Waals surface area contributed by atoms with Crippen molar-refractivity contribution in [2.24, 2.45) is 5.41 Å². The second-order valence-corrected chi connectivity index (χ2v) is 8.31. The number of anilines is 1. The van der Waals surface area contributed by atoms with Crippen LogP contribution in [0.3, 0.4) is 0 Å². The van der Waals surface area contributed by atoms with Crippen LogP contribution in [0.25, 0.3) is 0 Å². The van der Waals surface area contributed by atoms with E-state index in [1.165, 1.54) is 6.07 Å². The lowest BCUT2D eigenvalue weighted by Crippen LogP contribution is -2.42. The zero-order valence-electron chi connectivity index (χ0n) is 14.1. The Morgan fingerprint density at radius 2 is 2.07 bits per heavy atom. The molecule has 4 heterocycles. The van der Waals surface area contributed by atoms with Gasteiger partial charge in [-0.15, -0.1) is 0 Å². The molecule has 0 aliphatic carbocycles. The molecule has 1 aromatic heterocycles. The van der Waals surface area contributed by atoms with E-state index in [9.17, 15) is 14.0 Å². The van der Waals surface area contributed by atoms with E-state index in [2.05, 4.69) is 15.3 Å². The standard InChI is InChI=1S/C18H15Cl2FN4O2/c19-10-2-12(21)14(3-11(10)20)23-7-18-4-8-1-13-9(6-22-17(27)24-13)15(5-18)25(8)16(18)26/h2-3,6,8,15,23H,1,4-5,7H2,(H,22,24,27)/t8-,15-,18?/m1/s1. The number of hydrogen-bond acceptors (Lipinski definition) is 4. The Kier molecular flexibility index (Phi) is 3.58. The molecule has 9 heteroatoms. The largest absolute Gasteiger partial charge is 0.382 e. The van der Waals surface area contributed by atoms with E-state index in [1.54, 1.807) is 6.20 Å². The first-order valence-electron chi connectivity index (χ1n) is 8.67. The lowest BCUT2D eigenvalue weighted by molar-refractivity contribution is -0.132. The molecular formula is C18H15Cl2FN4O2. The number of amides is 1. The fourth-order valence-electron chi connectivity index (χ4n) is 4.82. The second kappa shape index (κ2) is 5.69. The van der Waals surface area contributed by atoms with Gasteiger partial charge < -0.3 is 15.2 Å². The molecule has 2 N–H and O–H groups in total. The van der Waals surface area contributed by atoms with Gasteiger partial charge in [-0.2, -0.15) is 0 Å². The lowest BCUT2D eigenvalue weighted by atomic mass is 9.74. The zero-order chi connectivity index (χ0) is 18.9. The molecule has 2 saturated heterocycles. The van der Waals surface area contributed by atoms with Gasteiger partial charge in [0.25, 0.3) is 0 Å². The quantitative estimate of drug-likeness (QED) is 0.765. The van der Waals surface area contributed by atoms with E-state index >= 15 is 0 Å².